The summed E-state index contributed by atoms with van der Waals surface area (Å²) in [5, 5.41) is 8.76. The zero-order valence-electron chi connectivity index (χ0n) is 14.9. The highest BCUT2D eigenvalue weighted by atomic mass is 16.2. The highest BCUT2D eigenvalue weighted by molar-refractivity contribution is 5.89. The van der Waals surface area contributed by atoms with Crippen molar-refractivity contribution in [3.05, 3.63) is 17.3 Å². The lowest BCUT2D eigenvalue weighted by Gasteiger charge is -2.45. The van der Waals surface area contributed by atoms with Crippen LogP contribution in [0.4, 0.5) is 5.82 Å². The maximum atomic E-state index is 12.6. The molecule has 7 heteroatoms. The number of likely N-dealkylation sites (N-methyl/N-ethyl adjacent to an activating group) is 1. The molecule has 1 aliphatic carbocycles. The van der Waals surface area contributed by atoms with Gasteiger partial charge in [-0.25, -0.2) is 0 Å². The van der Waals surface area contributed by atoms with Crippen molar-refractivity contribution in [3.63, 3.8) is 0 Å². The average molecular weight is 343 g/mol. The predicted molar refractivity (Wildman–Crippen MR) is 93.2 cm³/mol. The van der Waals surface area contributed by atoms with Crippen LogP contribution in [0.15, 0.2) is 6.07 Å². The molecule has 0 bridgehead atoms. The molecule has 0 spiro atoms. The van der Waals surface area contributed by atoms with E-state index >= 15 is 0 Å². The maximum Gasteiger partial charge on any atom is 0.228 e. The van der Waals surface area contributed by atoms with Crippen LogP contribution in [0.5, 0.6) is 0 Å². The Hall–Kier alpha value is -2.18. The molecule has 0 saturated carbocycles. The molecule has 3 heterocycles. The fraction of sp³-hybridized carbons (Fsp3) is 0.667. The first-order valence-electron chi connectivity index (χ1n) is 9.14. The van der Waals surface area contributed by atoms with Gasteiger partial charge in [0.25, 0.3) is 0 Å². The van der Waals surface area contributed by atoms with Gasteiger partial charge >= 0.3 is 0 Å². The summed E-state index contributed by atoms with van der Waals surface area (Å²) in [6.07, 6.45) is 4.91. The molecule has 1 aromatic heterocycles. The molecule has 0 N–H and O–H groups in total. The topological polar surface area (TPSA) is 69.6 Å². The molecular formula is C18H25N5O2. The Balaban J connectivity index is 1.35. The number of anilines is 1. The van der Waals surface area contributed by atoms with E-state index in [1.54, 1.807) is 11.9 Å². The number of hydrogen-bond acceptors (Lipinski definition) is 5. The van der Waals surface area contributed by atoms with Crippen molar-refractivity contribution in [3.8, 4) is 0 Å². The fourth-order valence-electron chi connectivity index (χ4n) is 4.02. The highest BCUT2D eigenvalue weighted by Gasteiger charge is 2.39. The van der Waals surface area contributed by atoms with E-state index in [-0.39, 0.29) is 23.8 Å². The van der Waals surface area contributed by atoms with E-state index < -0.39 is 0 Å². The predicted octanol–water partition coefficient (Wildman–Crippen LogP) is 0.481. The molecule has 25 heavy (non-hydrogen) atoms. The molecule has 2 aliphatic heterocycles. The summed E-state index contributed by atoms with van der Waals surface area (Å²) < 4.78 is 0. The molecule has 2 saturated heterocycles. The Morgan fingerprint density at radius 1 is 1.20 bits per heavy atom. The van der Waals surface area contributed by atoms with Crippen molar-refractivity contribution in [2.24, 2.45) is 5.92 Å². The van der Waals surface area contributed by atoms with Crippen molar-refractivity contribution in [2.75, 3.05) is 38.6 Å². The molecule has 4 rings (SSSR count). The molecule has 2 fully saturated rings. The third-order valence-corrected chi connectivity index (χ3v) is 5.83. The monoisotopic (exact) mass is 343 g/mol. The van der Waals surface area contributed by atoms with Gasteiger partial charge in [0, 0.05) is 40.2 Å². The second-order valence-corrected chi connectivity index (χ2v) is 7.56. The zero-order chi connectivity index (χ0) is 17.6. The van der Waals surface area contributed by atoms with Crippen LogP contribution in [-0.4, -0.2) is 71.6 Å². The Morgan fingerprint density at radius 3 is 2.68 bits per heavy atom. The highest BCUT2D eigenvalue weighted by Crippen LogP contribution is 2.27. The van der Waals surface area contributed by atoms with Gasteiger partial charge in [-0.15, -0.1) is 5.10 Å². The van der Waals surface area contributed by atoms with Gasteiger partial charge in [0.2, 0.25) is 11.8 Å². The standard InChI is InChI=1S/C18H25N5O2/c1-21-9-13(8-17(21)24)18(25)22(2)14-10-23(11-14)16-7-12-5-3-4-6-15(12)19-20-16/h7,13-14H,3-6,8-11H2,1-2H3. The van der Waals surface area contributed by atoms with E-state index in [1.807, 2.05) is 11.9 Å². The lowest BCUT2D eigenvalue weighted by atomic mass is 9.96. The van der Waals surface area contributed by atoms with E-state index in [9.17, 15) is 9.59 Å². The van der Waals surface area contributed by atoms with Crippen LogP contribution in [-0.2, 0) is 22.4 Å². The second-order valence-electron chi connectivity index (χ2n) is 7.56. The lowest BCUT2D eigenvalue weighted by Crippen LogP contribution is -2.61. The number of carbonyl (C=O) groups is 2. The lowest BCUT2D eigenvalue weighted by molar-refractivity contribution is -0.137. The van der Waals surface area contributed by atoms with Crippen LogP contribution >= 0.6 is 0 Å². The van der Waals surface area contributed by atoms with Gasteiger partial charge in [-0.05, 0) is 37.3 Å². The van der Waals surface area contributed by atoms with Crippen molar-refractivity contribution in [1.29, 1.82) is 0 Å². The van der Waals surface area contributed by atoms with Gasteiger partial charge in [0.15, 0.2) is 5.82 Å². The van der Waals surface area contributed by atoms with E-state index in [4.69, 9.17) is 0 Å². The number of aromatic nitrogens is 2. The molecule has 1 atom stereocenters. The van der Waals surface area contributed by atoms with Gasteiger partial charge < -0.3 is 14.7 Å². The summed E-state index contributed by atoms with van der Waals surface area (Å²) in [5.74, 6) is 0.874. The number of rotatable bonds is 3. The average Bonchev–Trinajstić information content (AvgIpc) is 2.91. The van der Waals surface area contributed by atoms with E-state index in [1.165, 1.54) is 18.4 Å². The van der Waals surface area contributed by atoms with E-state index in [2.05, 4.69) is 21.2 Å². The smallest absolute Gasteiger partial charge is 0.228 e. The van der Waals surface area contributed by atoms with Gasteiger partial charge in [0.1, 0.15) is 0 Å². The second kappa shape index (κ2) is 6.28. The number of carbonyl (C=O) groups excluding carboxylic acids is 2. The van der Waals surface area contributed by atoms with Crippen LogP contribution in [0.2, 0.25) is 0 Å². The van der Waals surface area contributed by atoms with Crippen molar-refractivity contribution in [1.82, 2.24) is 20.0 Å². The molecule has 1 aromatic rings. The normalized spacial score (nSPS) is 23.4. The van der Waals surface area contributed by atoms with Crippen LogP contribution < -0.4 is 4.90 Å². The Kier molecular flexibility index (Phi) is 4.09. The molecule has 1 unspecified atom stereocenters. The van der Waals surface area contributed by atoms with Crippen LogP contribution in [0.1, 0.15) is 30.5 Å². The van der Waals surface area contributed by atoms with Crippen LogP contribution in [0.3, 0.4) is 0 Å². The number of fused-ring (bicyclic) bond motifs is 1. The summed E-state index contributed by atoms with van der Waals surface area (Å²) in [6, 6.07) is 2.36. The first-order chi connectivity index (χ1) is 12.0. The molecule has 134 valence electrons. The van der Waals surface area contributed by atoms with Gasteiger partial charge in [-0.1, -0.05) is 0 Å². The summed E-state index contributed by atoms with van der Waals surface area (Å²) in [7, 11) is 3.61. The van der Waals surface area contributed by atoms with Crippen LogP contribution in [0, 0.1) is 5.92 Å². The molecule has 7 nitrogen and oxygen atoms in total. The minimum atomic E-state index is -0.194. The third-order valence-electron chi connectivity index (χ3n) is 5.83. The van der Waals surface area contributed by atoms with Crippen molar-refractivity contribution in [2.45, 2.75) is 38.1 Å². The first-order valence-corrected chi connectivity index (χ1v) is 9.14. The van der Waals surface area contributed by atoms with Crippen LogP contribution in [0.25, 0.3) is 0 Å². The van der Waals surface area contributed by atoms with E-state index in [0.717, 1.165) is 37.4 Å². The summed E-state index contributed by atoms with van der Waals surface area (Å²) >= 11 is 0. The first kappa shape index (κ1) is 16.3. The van der Waals surface area contributed by atoms with E-state index in [0.29, 0.717) is 13.0 Å². The van der Waals surface area contributed by atoms with Crippen molar-refractivity contribution >= 4 is 17.6 Å². The number of amides is 2. The number of likely N-dealkylation sites (tertiary alicyclic amines) is 1. The minimum Gasteiger partial charge on any atom is -0.351 e. The molecule has 0 radical (unpaired) electrons. The fourth-order valence-corrected chi connectivity index (χ4v) is 4.02. The quantitative estimate of drug-likeness (QED) is 0.798. The van der Waals surface area contributed by atoms with Gasteiger partial charge in [-0.2, -0.15) is 5.10 Å². The number of nitrogens with zero attached hydrogens (tertiary/aromatic N) is 5. The molecular weight excluding hydrogens is 318 g/mol. The molecule has 0 aromatic carbocycles. The SMILES string of the molecule is CN1CC(C(=O)N(C)C2CN(c3cc4c(nn3)CCCC4)C2)CC1=O. The maximum absolute atomic E-state index is 12.6. The summed E-state index contributed by atoms with van der Waals surface area (Å²) in [4.78, 5) is 29.9. The Bertz CT molecular complexity index is 701. The number of aryl methyl sites for hydroxylation is 2. The molecule has 2 amide bonds. The zero-order valence-corrected chi connectivity index (χ0v) is 14.9. The van der Waals surface area contributed by atoms with Gasteiger partial charge in [-0.3, -0.25) is 9.59 Å². The minimum absolute atomic E-state index is 0.0614. The third kappa shape index (κ3) is 2.96. The van der Waals surface area contributed by atoms with Crippen molar-refractivity contribution < 1.29 is 9.59 Å². The Morgan fingerprint density at radius 2 is 1.96 bits per heavy atom. The Labute approximate surface area is 148 Å². The number of hydrogen-bond donors (Lipinski definition) is 0. The summed E-state index contributed by atoms with van der Waals surface area (Å²) in [5.41, 5.74) is 2.48. The molecule has 3 aliphatic rings. The van der Waals surface area contributed by atoms with Gasteiger partial charge in [0.05, 0.1) is 17.7 Å². The summed E-state index contributed by atoms with van der Waals surface area (Å²) in [6.45, 7) is 2.10. The largest absolute Gasteiger partial charge is 0.351 e.